The van der Waals surface area contributed by atoms with E-state index in [0.717, 1.165) is 38.1 Å². The summed E-state index contributed by atoms with van der Waals surface area (Å²) in [5.74, 6) is -2.10. The lowest BCUT2D eigenvalue weighted by Crippen LogP contribution is -2.46. The molecule has 1 aliphatic rings. The third kappa shape index (κ3) is 3.98. The number of hydrogen-bond acceptors (Lipinski definition) is 3. The van der Waals surface area contributed by atoms with E-state index in [1.54, 1.807) is 0 Å². The summed E-state index contributed by atoms with van der Waals surface area (Å²) in [6, 6.07) is 3.74. The zero-order chi connectivity index (χ0) is 14.5. The first-order valence-electron chi connectivity index (χ1n) is 6.73. The Morgan fingerprint density at radius 3 is 2.90 bits per heavy atom. The summed E-state index contributed by atoms with van der Waals surface area (Å²) in [5, 5.41) is 5.79. The van der Waals surface area contributed by atoms with Crippen LogP contribution in [-0.2, 0) is 4.79 Å². The quantitative estimate of drug-likeness (QED) is 0.882. The van der Waals surface area contributed by atoms with Crippen molar-refractivity contribution >= 4 is 11.6 Å². The predicted octanol–water partition coefficient (Wildman–Crippen LogP) is 1.59. The van der Waals surface area contributed by atoms with Crippen molar-refractivity contribution < 1.29 is 13.6 Å². The molecule has 1 aromatic rings. The number of anilines is 1. The van der Waals surface area contributed by atoms with E-state index in [1.165, 1.54) is 6.07 Å². The van der Waals surface area contributed by atoms with E-state index >= 15 is 0 Å². The minimum absolute atomic E-state index is 0.215. The topological polar surface area (TPSA) is 44.4 Å². The Labute approximate surface area is 117 Å². The second-order valence-corrected chi connectivity index (χ2v) is 5.04. The number of carbonyl (C=O) groups is 1. The first kappa shape index (κ1) is 14.9. The van der Waals surface area contributed by atoms with Crippen LogP contribution in [0.25, 0.3) is 0 Å². The van der Waals surface area contributed by atoms with E-state index in [9.17, 15) is 13.6 Å². The van der Waals surface area contributed by atoms with Crippen LogP contribution >= 0.6 is 0 Å². The highest BCUT2D eigenvalue weighted by atomic mass is 19.2. The molecule has 110 valence electrons. The van der Waals surface area contributed by atoms with Crippen LogP contribution in [0.3, 0.4) is 0 Å². The number of likely N-dealkylation sites (N-methyl/N-ethyl adjacent to an activating group) is 1. The summed E-state index contributed by atoms with van der Waals surface area (Å²) in [6.45, 7) is 1.96. The van der Waals surface area contributed by atoms with Crippen LogP contribution in [0, 0.1) is 11.6 Å². The maximum absolute atomic E-state index is 13.0. The van der Waals surface area contributed by atoms with Crippen LogP contribution in [0.5, 0.6) is 0 Å². The van der Waals surface area contributed by atoms with Crippen LogP contribution in [-0.4, -0.2) is 43.5 Å². The highest BCUT2D eigenvalue weighted by Gasteiger charge is 2.20. The average Bonchev–Trinajstić information content (AvgIpc) is 2.43. The van der Waals surface area contributed by atoms with Crippen molar-refractivity contribution in [2.45, 2.75) is 18.9 Å². The van der Waals surface area contributed by atoms with E-state index in [0.29, 0.717) is 6.04 Å². The smallest absolute Gasteiger partial charge is 0.238 e. The number of nitrogens with one attached hydrogen (secondary N) is 2. The molecule has 0 radical (unpaired) electrons. The van der Waals surface area contributed by atoms with Gasteiger partial charge in [0.1, 0.15) is 0 Å². The van der Waals surface area contributed by atoms with Gasteiger partial charge in [0, 0.05) is 24.3 Å². The van der Waals surface area contributed by atoms with E-state index in [1.807, 2.05) is 7.05 Å². The lowest BCUT2D eigenvalue weighted by atomic mass is 10.1. The molecule has 0 spiro atoms. The minimum atomic E-state index is -0.962. The molecule has 20 heavy (non-hydrogen) atoms. The van der Waals surface area contributed by atoms with Crippen LogP contribution in [0.4, 0.5) is 14.5 Å². The monoisotopic (exact) mass is 283 g/mol. The molecule has 0 saturated carbocycles. The number of halogens is 2. The number of hydrogen-bond donors (Lipinski definition) is 2. The van der Waals surface area contributed by atoms with Crippen molar-refractivity contribution in [3.05, 3.63) is 29.8 Å². The SMILES string of the molecule is CNC1CCCN(CC(=O)Nc2ccc(F)c(F)c2)C1. The fourth-order valence-corrected chi connectivity index (χ4v) is 2.41. The maximum atomic E-state index is 13.0. The van der Waals surface area contributed by atoms with Crippen molar-refractivity contribution in [3.8, 4) is 0 Å². The van der Waals surface area contributed by atoms with Crippen molar-refractivity contribution in [2.24, 2.45) is 0 Å². The molecule has 4 nitrogen and oxygen atoms in total. The highest BCUT2D eigenvalue weighted by Crippen LogP contribution is 2.14. The van der Waals surface area contributed by atoms with E-state index < -0.39 is 11.6 Å². The molecular formula is C14H19F2N3O. The Kier molecular flexibility index (Phi) is 5.03. The van der Waals surface area contributed by atoms with Crippen LogP contribution in [0.15, 0.2) is 18.2 Å². The third-order valence-electron chi connectivity index (χ3n) is 3.48. The number of carbonyl (C=O) groups excluding carboxylic acids is 1. The van der Waals surface area contributed by atoms with E-state index in [-0.39, 0.29) is 18.1 Å². The van der Waals surface area contributed by atoms with Gasteiger partial charge in [-0.2, -0.15) is 0 Å². The highest BCUT2D eigenvalue weighted by molar-refractivity contribution is 5.92. The number of piperidine rings is 1. The second kappa shape index (κ2) is 6.76. The molecule has 2 rings (SSSR count). The number of amides is 1. The summed E-state index contributed by atoms with van der Waals surface area (Å²) in [6.07, 6.45) is 2.15. The standard InChI is InChI=1S/C14H19F2N3O/c1-17-11-3-2-6-19(8-11)9-14(20)18-10-4-5-12(15)13(16)7-10/h4-5,7,11,17H,2-3,6,8-9H2,1H3,(H,18,20). The molecule has 1 aromatic carbocycles. The summed E-state index contributed by atoms with van der Waals surface area (Å²) >= 11 is 0. The van der Waals surface area contributed by atoms with Crippen molar-refractivity contribution in [3.63, 3.8) is 0 Å². The molecule has 1 unspecified atom stereocenters. The van der Waals surface area contributed by atoms with E-state index in [2.05, 4.69) is 15.5 Å². The molecule has 0 aromatic heterocycles. The second-order valence-electron chi connectivity index (χ2n) is 5.04. The molecule has 2 N–H and O–H groups in total. The molecule has 1 saturated heterocycles. The van der Waals surface area contributed by atoms with Gasteiger partial charge in [-0.3, -0.25) is 9.69 Å². The third-order valence-corrected chi connectivity index (χ3v) is 3.48. The van der Waals surface area contributed by atoms with Gasteiger partial charge in [-0.15, -0.1) is 0 Å². The lowest BCUT2D eigenvalue weighted by molar-refractivity contribution is -0.117. The lowest BCUT2D eigenvalue weighted by Gasteiger charge is -2.31. The van der Waals surface area contributed by atoms with Crippen molar-refractivity contribution in [2.75, 3.05) is 32.0 Å². The van der Waals surface area contributed by atoms with Gasteiger partial charge in [-0.05, 0) is 38.6 Å². The fraction of sp³-hybridized carbons (Fsp3) is 0.500. The molecule has 6 heteroatoms. The first-order chi connectivity index (χ1) is 9.58. The number of nitrogens with zero attached hydrogens (tertiary/aromatic N) is 1. The Bertz CT molecular complexity index is 481. The normalized spacial score (nSPS) is 19.9. The van der Waals surface area contributed by atoms with E-state index in [4.69, 9.17) is 0 Å². The van der Waals surface area contributed by atoms with Crippen LogP contribution < -0.4 is 10.6 Å². The van der Waals surface area contributed by atoms with Gasteiger partial charge in [0.25, 0.3) is 0 Å². The Morgan fingerprint density at radius 2 is 2.20 bits per heavy atom. The van der Waals surface area contributed by atoms with Crippen molar-refractivity contribution in [1.82, 2.24) is 10.2 Å². The summed E-state index contributed by atoms with van der Waals surface area (Å²) in [5.41, 5.74) is 0.274. The van der Waals surface area contributed by atoms with Gasteiger partial charge in [0.05, 0.1) is 6.54 Å². The predicted molar refractivity (Wildman–Crippen MR) is 73.5 cm³/mol. The number of rotatable bonds is 4. The molecule has 1 amide bonds. The fourth-order valence-electron chi connectivity index (χ4n) is 2.41. The molecular weight excluding hydrogens is 264 g/mol. The van der Waals surface area contributed by atoms with Gasteiger partial charge in [0.2, 0.25) is 5.91 Å². The van der Waals surface area contributed by atoms with Gasteiger partial charge in [-0.1, -0.05) is 0 Å². The average molecular weight is 283 g/mol. The number of likely N-dealkylation sites (tertiary alicyclic amines) is 1. The van der Waals surface area contributed by atoms with Gasteiger partial charge in [-0.25, -0.2) is 8.78 Å². The number of benzene rings is 1. The molecule has 0 bridgehead atoms. The molecule has 1 atom stereocenters. The summed E-state index contributed by atoms with van der Waals surface area (Å²) < 4.78 is 25.8. The Hall–Kier alpha value is -1.53. The molecule has 1 fully saturated rings. The van der Waals surface area contributed by atoms with Crippen LogP contribution in [0.1, 0.15) is 12.8 Å². The largest absolute Gasteiger partial charge is 0.325 e. The minimum Gasteiger partial charge on any atom is -0.325 e. The van der Waals surface area contributed by atoms with Gasteiger partial charge in [0.15, 0.2) is 11.6 Å². The molecule has 1 heterocycles. The Morgan fingerprint density at radius 1 is 1.40 bits per heavy atom. The summed E-state index contributed by atoms with van der Waals surface area (Å²) in [7, 11) is 1.91. The van der Waals surface area contributed by atoms with Crippen LogP contribution in [0.2, 0.25) is 0 Å². The zero-order valence-corrected chi connectivity index (χ0v) is 11.5. The summed E-state index contributed by atoms with van der Waals surface area (Å²) in [4.78, 5) is 13.9. The maximum Gasteiger partial charge on any atom is 0.238 e. The van der Waals surface area contributed by atoms with Crippen molar-refractivity contribution in [1.29, 1.82) is 0 Å². The zero-order valence-electron chi connectivity index (χ0n) is 11.5. The van der Waals surface area contributed by atoms with Gasteiger partial charge < -0.3 is 10.6 Å². The Balaban J connectivity index is 1.87. The first-order valence-corrected chi connectivity index (χ1v) is 6.73. The van der Waals surface area contributed by atoms with Gasteiger partial charge >= 0.3 is 0 Å². The molecule has 1 aliphatic heterocycles. The molecule has 0 aliphatic carbocycles.